The minimum absolute atomic E-state index is 0.0838. The molecule has 6 nitrogen and oxygen atoms in total. The molecule has 2 atom stereocenters. The molecule has 8 heteroatoms. The average Bonchev–Trinajstić information content (AvgIpc) is 3.21. The first-order valence-corrected chi connectivity index (χ1v) is 12.9. The minimum atomic E-state index is -1.14. The summed E-state index contributed by atoms with van der Waals surface area (Å²) >= 11 is 9.58. The Hall–Kier alpha value is -2.87. The Balaban J connectivity index is 1.60. The first-order valence-electron chi connectivity index (χ1n) is 11.8. The molecule has 1 aliphatic rings. The Kier molecular flexibility index (Phi) is 8.67. The lowest BCUT2D eigenvalue weighted by Crippen LogP contribution is -2.52. The van der Waals surface area contributed by atoms with E-state index in [4.69, 9.17) is 31.2 Å². The van der Waals surface area contributed by atoms with E-state index in [9.17, 15) is 4.79 Å². The van der Waals surface area contributed by atoms with Gasteiger partial charge in [-0.3, -0.25) is 4.79 Å². The van der Waals surface area contributed by atoms with E-state index in [1.807, 2.05) is 73.7 Å². The lowest BCUT2D eigenvalue weighted by atomic mass is 9.86. The van der Waals surface area contributed by atoms with E-state index in [1.165, 1.54) is 0 Å². The van der Waals surface area contributed by atoms with Crippen LogP contribution in [-0.4, -0.2) is 41.8 Å². The van der Waals surface area contributed by atoms with Crippen molar-refractivity contribution in [3.8, 4) is 5.75 Å². The van der Waals surface area contributed by atoms with Crippen LogP contribution in [0.15, 0.2) is 82.3 Å². The third-order valence-corrected chi connectivity index (χ3v) is 6.82. The van der Waals surface area contributed by atoms with Crippen molar-refractivity contribution in [2.75, 3.05) is 13.2 Å². The Morgan fingerprint density at radius 3 is 2.58 bits per heavy atom. The summed E-state index contributed by atoms with van der Waals surface area (Å²) in [6.45, 7) is 2.73. The summed E-state index contributed by atoms with van der Waals surface area (Å²) in [5.41, 5.74) is 1.50. The molecule has 188 valence electrons. The predicted octanol–water partition coefficient (Wildman–Crippen LogP) is 5.33. The highest BCUT2D eigenvalue weighted by Gasteiger charge is 2.50. The third kappa shape index (κ3) is 6.27. The number of hydrogen-bond acceptors (Lipinski definition) is 5. The monoisotopic (exact) mass is 570 g/mol. The molecule has 4 rings (SSSR count). The summed E-state index contributed by atoms with van der Waals surface area (Å²) in [6, 6.07) is 22.7. The smallest absolute Gasteiger partial charge is 0.252 e. The highest BCUT2D eigenvalue weighted by atomic mass is 79.9. The number of rotatable bonds is 10. The van der Waals surface area contributed by atoms with Crippen LogP contribution in [0.4, 0.5) is 0 Å². The fourth-order valence-electron chi connectivity index (χ4n) is 4.04. The predicted molar refractivity (Wildman–Crippen MR) is 145 cm³/mol. The molecule has 36 heavy (non-hydrogen) atoms. The largest absolute Gasteiger partial charge is 0.494 e. The zero-order valence-corrected chi connectivity index (χ0v) is 22.3. The van der Waals surface area contributed by atoms with Crippen LogP contribution < -0.4 is 10.1 Å². The third-order valence-electron chi connectivity index (χ3n) is 6.06. The van der Waals surface area contributed by atoms with E-state index in [2.05, 4.69) is 21.2 Å². The second-order valence-electron chi connectivity index (χ2n) is 8.67. The molecule has 0 saturated heterocycles. The molecule has 0 aromatic heterocycles. The average molecular weight is 572 g/mol. The number of nitrogens with one attached hydrogen (secondary N) is 1. The number of amides is 1. The van der Waals surface area contributed by atoms with E-state index in [0.717, 1.165) is 21.2 Å². The van der Waals surface area contributed by atoms with Gasteiger partial charge in [0.25, 0.3) is 5.91 Å². The highest BCUT2D eigenvalue weighted by Crippen LogP contribution is 2.33. The van der Waals surface area contributed by atoms with E-state index in [0.29, 0.717) is 42.7 Å². The SMILES string of the molecule is C[C@H]1OC(c2ccc(OCCCO)cc2)=N[C@@]1(Cc1ccc(Br)cc1)C(=O)NCc1cccc(Cl)c1. The van der Waals surface area contributed by atoms with Crippen molar-refractivity contribution in [1.82, 2.24) is 5.32 Å². The van der Waals surface area contributed by atoms with Gasteiger partial charge in [-0.15, -0.1) is 0 Å². The van der Waals surface area contributed by atoms with Gasteiger partial charge in [-0.1, -0.05) is 51.8 Å². The van der Waals surface area contributed by atoms with Crippen molar-refractivity contribution in [3.63, 3.8) is 0 Å². The van der Waals surface area contributed by atoms with E-state index in [-0.39, 0.29) is 12.5 Å². The Labute approximate surface area is 224 Å². The van der Waals surface area contributed by atoms with Gasteiger partial charge in [0.1, 0.15) is 11.9 Å². The van der Waals surface area contributed by atoms with Gasteiger partial charge >= 0.3 is 0 Å². The van der Waals surface area contributed by atoms with Crippen LogP contribution in [0.3, 0.4) is 0 Å². The first-order chi connectivity index (χ1) is 17.4. The first kappa shape index (κ1) is 26.2. The molecule has 0 spiro atoms. The minimum Gasteiger partial charge on any atom is -0.494 e. The highest BCUT2D eigenvalue weighted by molar-refractivity contribution is 9.10. The van der Waals surface area contributed by atoms with E-state index < -0.39 is 11.6 Å². The second-order valence-corrected chi connectivity index (χ2v) is 10.0. The number of hydrogen-bond donors (Lipinski definition) is 2. The van der Waals surface area contributed by atoms with Crippen LogP contribution in [0.1, 0.15) is 30.0 Å². The fraction of sp³-hybridized carbons (Fsp3) is 0.286. The number of carbonyl (C=O) groups excluding carboxylic acids is 1. The van der Waals surface area contributed by atoms with E-state index in [1.54, 1.807) is 6.07 Å². The topological polar surface area (TPSA) is 80.2 Å². The number of carbonyl (C=O) groups is 1. The number of halogens is 2. The second kappa shape index (κ2) is 11.9. The summed E-state index contributed by atoms with van der Waals surface area (Å²) in [5.74, 6) is 0.899. The quantitative estimate of drug-likeness (QED) is 0.323. The number of nitrogens with zero attached hydrogens (tertiary/aromatic N) is 1. The summed E-state index contributed by atoms with van der Waals surface area (Å²) in [7, 11) is 0. The molecule has 0 bridgehead atoms. The van der Waals surface area contributed by atoms with Gasteiger partial charge < -0.3 is 19.9 Å². The molecule has 0 aliphatic carbocycles. The van der Waals surface area contributed by atoms with Crippen LogP contribution in [0, 0.1) is 0 Å². The molecule has 1 aliphatic heterocycles. The number of aliphatic hydroxyl groups is 1. The van der Waals surface area contributed by atoms with Crippen molar-refractivity contribution in [2.45, 2.75) is 38.0 Å². The van der Waals surface area contributed by atoms with Crippen LogP contribution in [0.2, 0.25) is 5.02 Å². The molecular weight excluding hydrogens is 544 g/mol. The number of benzene rings is 3. The standard InChI is InChI=1S/C28H28BrClN2O4/c1-19-28(17-20-6-10-23(29)11-7-20,27(34)31-18-21-4-2-5-24(30)16-21)32-26(36-19)22-8-12-25(13-9-22)35-15-3-14-33/h2,4-13,16,19,33H,3,14-15,17-18H2,1H3,(H,31,34)/t19-,28-/m1/s1. The molecule has 0 saturated carbocycles. The van der Waals surface area contributed by atoms with Gasteiger partial charge in [0.05, 0.1) is 6.61 Å². The van der Waals surface area contributed by atoms with Crippen molar-refractivity contribution in [2.24, 2.45) is 4.99 Å². The molecule has 2 N–H and O–H groups in total. The molecule has 0 fully saturated rings. The number of aliphatic imine (C=N–C) groups is 1. The van der Waals surface area contributed by atoms with Crippen LogP contribution >= 0.6 is 27.5 Å². The van der Waals surface area contributed by atoms with Crippen LogP contribution in [0.5, 0.6) is 5.75 Å². The molecule has 0 radical (unpaired) electrons. The van der Waals surface area contributed by atoms with Crippen molar-refractivity contribution in [3.05, 3.63) is 99.0 Å². The molecule has 1 amide bonds. The summed E-state index contributed by atoms with van der Waals surface area (Å²) < 4.78 is 12.8. The lowest BCUT2D eigenvalue weighted by Gasteiger charge is -2.28. The fourth-order valence-corrected chi connectivity index (χ4v) is 4.52. The normalized spacial score (nSPS) is 18.9. The van der Waals surface area contributed by atoms with Gasteiger partial charge in [-0.25, -0.2) is 4.99 Å². The zero-order chi connectivity index (χ0) is 25.5. The Morgan fingerprint density at radius 2 is 1.89 bits per heavy atom. The molecule has 0 unspecified atom stereocenters. The zero-order valence-electron chi connectivity index (χ0n) is 19.9. The maximum Gasteiger partial charge on any atom is 0.252 e. The van der Waals surface area contributed by atoms with Crippen molar-refractivity contribution in [1.29, 1.82) is 0 Å². The molecule has 1 heterocycles. The molecular formula is C28H28BrClN2O4. The van der Waals surface area contributed by atoms with E-state index >= 15 is 0 Å². The summed E-state index contributed by atoms with van der Waals surface area (Å²) in [6.07, 6.45) is 0.461. The summed E-state index contributed by atoms with van der Waals surface area (Å²) in [5, 5.41) is 12.6. The Morgan fingerprint density at radius 1 is 1.14 bits per heavy atom. The van der Waals surface area contributed by atoms with Gasteiger partial charge in [-0.05, 0) is 66.6 Å². The molecule has 3 aromatic carbocycles. The maximum atomic E-state index is 13.7. The van der Waals surface area contributed by atoms with Gasteiger partial charge in [0.15, 0.2) is 5.54 Å². The lowest BCUT2D eigenvalue weighted by molar-refractivity contribution is -0.128. The van der Waals surface area contributed by atoms with Gasteiger partial charge in [0.2, 0.25) is 5.90 Å². The van der Waals surface area contributed by atoms with Gasteiger partial charge in [0, 0.05) is 41.1 Å². The van der Waals surface area contributed by atoms with Crippen molar-refractivity contribution >= 4 is 39.3 Å². The number of aliphatic hydroxyl groups excluding tert-OH is 1. The van der Waals surface area contributed by atoms with Gasteiger partial charge in [-0.2, -0.15) is 0 Å². The number of ether oxygens (including phenoxy) is 2. The van der Waals surface area contributed by atoms with Crippen LogP contribution in [-0.2, 0) is 22.5 Å². The molecule has 3 aromatic rings. The van der Waals surface area contributed by atoms with Crippen molar-refractivity contribution < 1.29 is 19.4 Å². The van der Waals surface area contributed by atoms with Crippen LogP contribution in [0.25, 0.3) is 0 Å². The Bertz CT molecular complexity index is 1220. The maximum absolute atomic E-state index is 13.7. The summed E-state index contributed by atoms with van der Waals surface area (Å²) in [4.78, 5) is 18.6.